The van der Waals surface area contributed by atoms with E-state index in [0.717, 1.165) is 10.4 Å². The number of ether oxygens (including phenoxy) is 1. The third-order valence-electron chi connectivity index (χ3n) is 4.49. The van der Waals surface area contributed by atoms with Crippen molar-refractivity contribution in [1.82, 2.24) is 19.6 Å². The third kappa shape index (κ3) is 4.55. The summed E-state index contributed by atoms with van der Waals surface area (Å²) in [6, 6.07) is 10.8. The normalized spacial score (nSPS) is 12.1. The second-order valence-electron chi connectivity index (χ2n) is 6.94. The summed E-state index contributed by atoms with van der Waals surface area (Å²) in [7, 11) is 0. The summed E-state index contributed by atoms with van der Waals surface area (Å²) in [5, 5.41) is 26.3. The molecular weight excluding hydrogens is 418 g/mol. The molecule has 3 aromatic heterocycles. The molecule has 1 aromatic carbocycles. The van der Waals surface area contributed by atoms with E-state index in [1.165, 1.54) is 15.9 Å². The summed E-state index contributed by atoms with van der Waals surface area (Å²) in [6.07, 6.45) is 0.752. The Morgan fingerprint density at radius 1 is 1.29 bits per heavy atom. The molecule has 1 atom stereocenters. The third-order valence-corrected chi connectivity index (χ3v) is 5.32. The number of thiazole rings is 1. The Kier molecular flexibility index (Phi) is 5.94. The number of anilines is 1. The number of aliphatic hydroxyl groups is 2. The van der Waals surface area contributed by atoms with Crippen molar-refractivity contribution in [2.24, 2.45) is 0 Å². The minimum absolute atomic E-state index is 0.0202. The molecule has 1 amide bonds. The molecule has 0 fully saturated rings. The van der Waals surface area contributed by atoms with Gasteiger partial charge in [-0.25, -0.2) is 14.5 Å². The molecule has 4 aromatic rings. The second-order valence-corrected chi connectivity index (χ2v) is 8.17. The first-order valence-electron chi connectivity index (χ1n) is 9.57. The molecule has 0 spiro atoms. The number of aryl methyl sites for hydroxylation is 2. The van der Waals surface area contributed by atoms with Crippen LogP contribution in [0, 0.1) is 13.8 Å². The van der Waals surface area contributed by atoms with E-state index in [0.29, 0.717) is 33.6 Å². The minimum Gasteiger partial charge on any atom is -0.491 e. The number of aliphatic hydroxyl groups excluding tert-OH is 2. The van der Waals surface area contributed by atoms with Crippen molar-refractivity contribution in [3.63, 3.8) is 0 Å². The zero-order valence-electron chi connectivity index (χ0n) is 16.9. The molecular formula is C21H21N5O4S. The molecule has 0 aliphatic heterocycles. The maximum atomic E-state index is 12.9. The van der Waals surface area contributed by atoms with Gasteiger partial charge in [0, 0.05) is 16.6 Å². The number of hydrogen-bond donors (Lipinski definition) is 3. The molecule has 4 rings (SSSR count). The first-order chi connectivity index (χ1) is 14.9. The van der Waals surface area contributed by atoms with Crippen LogP contribution in [0.3, 0.4) is 0 Å². The fraction of sp³-hybridized carbons (Fsp3) is 0.238. The molecule has 0 saturated heterocycles. The van der Waals surface area contributed by atoms with Crippen molar-refractivity contribution in [3.8, 4) is 17.0 Å². The minimum atomic E-state index is -0.949. The molecule has 31 heavy (non-hydrogen) atoms. The lowest BCUT2D eigenvalue weighted by Crippen LogP contribution is -2.21. The highest BCUT2D eigenvalue weighted by molar-refractivity contribution is 7.15. The highest BCUT2D eigenvalue weighted by Crippen LogP contribution is 2.24. The van der Waals surface area contributed by atoms with Gasteiger partial charge >= 0.3 is 0 Å². The lowest BCUT2D eigenvalue weighted by Gasteiger charge is -2.11. The Balaban J connectivity index is 1.65. The van der Waals surface area contributed by atoms with Gasteiger partial charge in [0.05, 0.1) is 18.0 Å². The molecule has 0 radical (unpaired) electrons. The van der Waals surface area contributed by atoms with E-state index in [1.807, 2.05) is 19.1 Å². The van der Waals surface area contributed by atoms with E-state index in [4.69, 9.17) is 9.84 Å². The topological polar surface area (TPSA) is 122 Å². The largest absolute Gasteiger partial charge is 0.491 e. The van der Waals surface area contributed by atoms with E-state index in [9.17, 15) is 9.90 Å². The highest BCUT2D eigenvalue weighted by atomic mass is 32.1. The summed E-state index contributed by atoms with van der Waals surface area (Å²) < 4.78 is 7.03. The SMILES string of the molecule is Cc1cnc(NC(=O)c2c(C)nc3ccc(-c4cccc(OCC(O)CO)c4)nn23)s1. The van der Waals surface area contributed by atoms with Crippen LogP contribution in [-0.4, -0.2) is 55.0 Å². The van der Waals surface area contributed by atoms with E-state index >= 15 is 0 Å². The molecule has 0 bridgehead atoms. The standard InChI is InChI=1S/C21H21N5O4S/c1-12-9-22-21(31-12)24-20(29)19-13(2)23-18-7-6-17(25-26(18)19)14-4-3-5-16(8-14)30-11-15(28)10-27/h3-9,15,27-28H,10-11H2,1-2H3,(H,22,24,29). The Bertz CT molecular complexity index is 1240. The second kappa shape index (κ2) is 8.80. The van der Waals surface area contributed by atoms with Gasteiger partial charge in [0.25, 0.3) is 5.91 Å². The van der Waals surface area contributed by atoms with Crippen molar-refractivity contribution < 1.29 is 19.7 Å². The number of amides is 1. The predicted octanol–water partition coefficient (Wildman–Crippen LogP) is 2.45. The number of nitrogens with zero attached hydrogens (tertiary/aromatic N) is 4. The Morgan fingerprint density at radius 3 is 2.87 bits per heavy atom. The smallest absolute Gasteiger partial charge is 0.278 e. The summed E-state index contributed by atoms with van der Waals surface area (Å²) in [6.45, 7) is 3.29. The average molecular weight is 439 g/mol. The molecule has 3 N–H and O–H groups in total. The van der Waals surface area contributed by atoms with Crippen LogP contribution >= 0.6 is 11.3 Å². The number of carbonyl (C=O) groups is 1. The van der Waals surface area contributed by atoms with Gasteiger partial charge in [0.1, 0.15) is 18.5 Å². The molecule has 0 aliphatic carbocycles. The highest BCUT2D eigenvalue weighted by Gasteiger charge is 2.19. The molecule has 9 nitrogen and oxygen atoms in total. The maximum absolute atomic E-state index is 12.9. The number of rotatable bonds is 7. The Morgan fingerprint density at radius 2 is 2.13 bits per heavy atom. The van der Waals surface area contributed by atoms with E-state index < -0.39 is 6.10 Å². The fourth-order valence-corrected chi connectivity index (χ4v) is 3.68. The van der Waals surface area contributed by atoms with Crippen molar-refractivity contribution in [3.05, 3.63) is 58.9 Å². The lowest BCUT2D eigenvalue weighted by molar-refractivity contribution is 0.0536. The predicted molar refractivity (Wildman–Crippen MR) is 117 cm³/mol. The summed E-state index contributed by atoms with van der Waals surface area (Å²) in [5.41, 5.74) is 2.84. The molecule has 1 unspecified atom stereocenters. The van der Waals surface area contributed by atoms with Crippen LogP contribution in [0.1, 0.15) is 21.1 Å². The van der Waals surface area contributed by atoms with Gasteiger partial charge in [-0.2, -0.15) is 5.10 Å². The van der Waals surface area contributed by atoms with Gasteiger partial charge in [0.15, 0.2) is 16.5 Å². The van der Waals surface area contributed by atoms with Gasteiger partial charge in [-0.3, -0.25) is 10.1 Å². The summed E-state index contributed by atoms with van der Waals surface area (Å²) in [4.78, 5) is 22.5. The maximum Gasteiger partial charge on any atom is 0.278 e. The Labute approximate surface area is 182 Å². The number of fused-ring (bicyclic) bond motifs is 1. The quantitative estimate of drug-likeness (QED) is 0.404. The number of hydrogen-bond acceptors (Lipinski definition) is 8. The van der Waals surface area contributed by atoms with Crippen molar-refractivity contribution in [2.45, 2.75) is 20.0 Å². The van der Waals surface area contributed by atoms with Gasteiger partial charge in [-0.05, 0) is 38.1 Å². The first-order valence-corrected chi connectivity index (χ1v) is 10.4. The summed E-state index contributed by atoms with van der Waals surface area (Å²) >= 11 is 1.39. The summed E-state index contributed by atoms with van der Waals surface area (Å²) in [5.74, 6) is 0.199. The van der Waals surface area contributed by atoms with E-state index in [2.05, 4.69) is 20.4 Å². The monoisotopic (exact) mass is 439 g/mol. The zero-order chi connectivity index (χ0) is 22.0. The average Bonchev–Trinajstić information content (AvgIpc) is 3.32. The van der Waals surface area contributed by atoms with E-state index in [1.54, 1.807) is 37.4 Å². The molecule has 0 aliphatic rings. The van der Waals surface area contributed by atoms with Crippen LogP contribution in [0.2, 0.25) is 0 Å². The molecule has 10 heteroatoms. The number of benzene rings is 1. The van der Waals surface area contributed by atoms with Gasteiger partial charge < -0.3 is 14.9 Å². The van der Waals surface area contributed by atoms with Crippen LogP contribution < -0.4 is 10.1 Å². The molecule has 0 saturated carbocycles. The molecule has 160 valence electrons. The number of carbonyl (C=O) groups excluding carboxylic acids is 1. The number of nitrogens with one attached hydrogen (secondary N) is 1. The van der Waals surface area contributed by atoms with Gasteiger partial charge in [0.2, 0.25) is 0 Å². The van der Waals surface area contributed by atoms with Crippen molar-refractivity contribution in [2.75, 3.05) is 18.5 Å². The lowest BCUT2D eigenvalue weighted by atomic mass is 10.1. The van der Waals surface area contributed by atoms with Crippen LogP contribution in [0.15, 0.2) is 42.6 Å². The van der Waals surface area contributed by atoms with E-state index in [-0.39, 0.29) is 19.1 Å². The fourth-order valence-electron chi connectivity index (χ4n) is 3.02. The van der Waals surface area contributed by atoms with Crippen molar-refractivity contribution in [1.29, 1.82) is 0 Å². The van der Waals surface area contributed by atoms with Gasteiger partial charge in [-0.1, -0.05) is 12.1 Å². The van der Waals surface area contributed by atoms with Gasteiger partial charge in [-0.15, -0.1) is 11.3 Å². The Hall–Kier alpha value is -3.34. The zero-order valence-corrected chi connectivity index (χ0v) is 17.8. The van der Waals surface area contributed by atoms with Crippen LogP contribution in [0.4, 0.5) is 5.13 Å². The van der Waals surface area contributed by atoms with Crippen LogP contribution in [0.5, 0.6) is 5.75 Å². The number of aromatic nitrogens is 4. The van der Waals surface area contributed by atoms with Crippen LogP contribution in [0.25, 0.3) is 16.9 Å². The van der Waals surface area contributed by atoms with Crippen molar-refractivity contribution >= 4 is 28.0 Å². The van der Waals surface area contributed by atoms with Crippen LogP contribution in [-0.2, 0) is 0 Å². The first kappa shape index (κ1) is 20.9. The number of imidazole rings is 1. The molecule has 3 heterocycles.